The number of amides is 1. The summed E-state index contributed by atoms with van der Waals surface area (Å²) in [5, 5.41) is 2.78. The SMILES string of the molecule is Cc1cc(NN)c(C(=O)NCc2nccn2C)cn1. The highest BCUT2D eigenvalue weighted by Gasteiger charge is 2.12. The summed E-state index contributed by atoms with van der Waals surface area (Å²) >= 11 is 0. The minimum Gasteiger partial charge on any atom is -0.345 e. The molecule has 2 rings (SSSR count). The van der Waals surface area contributed by atoms with E-state index in [9.17, 15) is 4.79 Å². The number of aryl methyl sites for hydroxylation is 2. The molecule has 1 amide bonds. The lowest BCUT2D eigenvalue weighted by Crippen LogP contribution is -2.26. The zero-order chi connectivity index (χ0) is 13.8. The van der Waals surface area contributed by atoms with E-state index in [4.69, 9.17) is 5.84 Å². The molecule has 0 saturated carbocycles. The molecule has 0 fully saturated rings. The van der Waals surface area contributed by atoms with Gasteiger partial charge in [-0.1, -0.05) is 0 Å². The molecule has 0 bridgehead atoms. The molecule has 0 atom stereocenters. The van der Waals surface area contributed by atoms with Crippen molar-refractivity contribution in [2.75, 3.05) is 5.43 Å². The zero-order valence-corrected chi connectivity index (χ0v) is 10.8. The Labute approximate surface area is 110 Å². The highest BCUT2D eigenvalue weighted by atomic mass is 16.1. The Morgan fingerprint density at radius 1 is 1.47 bits per heavy atom. The van der Waals surface area contributed by atoms with Gasteiger partial charge in [0.1, 0.15) is 5.82 Å². The van der Waals surface area contributed by atoms with Crippen molar-refractivity contribution in [3.63, 3.8) is 0 Å². The summed E-state index contributed by atoms with van der Waals surface area (Å²) in [6, 6.07) is 1.72. The second kappa shape index (κ2) is 5.49. The van der Waals surface area contributed by atoms with Crippen molar-refractivity contribution < 1.29 is 4.79 Å². The number of hydrogen-bond acceptors (Lipinski definition) is 5. The van der Waals surface area contributed by atoms with Crippen molar-refractivity contribution in [2.45, 2.75) is 13.5 Å². The van der Waals surface area contributed by atoms with Crippen LogP contribution in [0.3, 0.4) is 0 Å². The maximum absolute atomic E-state index is 12.1. The molecule has 0 spiro atoms. The molecule has 2 heterocycles. The van der Waals surface area contributed by atoms with Crippen molar-refractivity contribution in [3.8, 4) is 0 Å². The number of nitrogens with zero attached hydrogens (tertiary/aromatic N) is 3. The smallest absolute Gasteiger partial charge is 0.255 e. The number of hydrogen-bond donors (Lipinski definition) is 3. The summed E-state index contributed by atoms with van der Waals surface area (Å²) in [5.41, 5.74) is 4.24. The Morgan fingerprint density at radius 3 is 2.89 bits per heavy atom. The Kier molecular flexibility index (Phi) is 3.76. The predicted octanol–water partition coefficient (Wildman–Crippen LogP) is 0.339. The molecule has 0 aliphatic rings. The number of hydrazine groups is 1. The molecule has 0 aliphatic heterocycles. The Hall–Kier alpha value is -2.41. The molecule has 100 valence electrons. The number of nitrogens with two attached hydrogens (primary N) is 1. The number of carbonyl (C=O) groups excluding carboxylic acids is 1. The van der Waals surface area contributed by atoms with E-state index in [-0.39, 0.29) is 5.91 Å². The van der Waals surface area contributed by atoms with Gasteiger partial charge in [-0.15, -0.1) is 0 Å². The van der Waals surface area contributed by atoms with Crippen LogP contribution in [-0.2, 0) is 13.6 Å². The third kappa shape index (κ3) is 2.89. The number of rotatable bonds is 4. The number of imidazole rings is 1. The highest BCUT2D eigenvalue weighted by molar-refractivity contribution is 5.99. The first kappa shape index (κ1) is 13.0. The Bertz CT molecular complexity index is 592. The second-order valence-electron chi connectivity index (χ2n) is 4.15. The van der Waals surface area contributed by atoms with Gasteiger partial charge in [0, 0.05) is 31.3 Å². The first-order valence-corrected chi connectivity index (χ1v) is 5.79. The van der Waals surface area contributed by atoms with Crippen LogP contribution in [0.5, 0.6) is 0 Å². The molecule has 4 N–H and O–H groups in total. The summed E-state index contributed by atoms with van der Waals surface area (Å²) in [6.45, 7) is 2.18. The fourth-order valence-electron chi connectivity index (χ4n) is 1.68. The molecule has 2 aromatic heterocycles. The average Bonchev–Trinajstić information content (AvgIpc) is 2.81. The van der Waals surface area contributed by atoms with Crippen molar-refractivity contribution in [1.82, 2.24) is 19.9 Å². The number of pyridine rings is 1. The van der Waals surface area contributed by atoms with E-state index in [2.05, 4.69) is 20.7 Å². The normalized spacial score (nSPS) is 10.3. The fraction of sp³-hybridized carbons (Fsp3) is 0.250. The van der Waals surface area contributed by atoms with Gasteiger partial charge < -0.3 is 15.3 Å². The lowest BCUT2D eigenvalue weighted by Gasteiger charge is -2.10. The van der Waals surface area contributed by atoms with E-state index in [1.807, 2.05) is 24.7 Å². The monoisotopic (exact) mass is 260 g/mol. The lowest BCUT2D eigenvalue weighted by atomic mass is 10.2. The van der Waals surface area contributed by atoms with E-state index in [1.165, 1.54) is 6.20 Å². The van der Waals surface area contributed by atoms with Crippen LogP contribution in [0.25, 0.3) is 0 Å². The van der Waals surface area contributed by atoms with Crippen molar-refractivity contribution >= 4 is 11.6 Å². The van der Waals surface area contributed by atoms with Crippen LogP contribution in [0.4, 0.5) is 5.69 Å². The van der Waals surface area contributed by atoms with Gasteiger partial charge in [0.15, 0.2) is 0 Å². The average molecular weight is 260 g/mol. The Balaban J connectivity index is 2.10. The van der Waals surface area contributed by atoms with Crippen molar-refractivity contribution in [2.24, 2.45) is 12.9 Å². The number of nitrogens with one attached hydrogen (secondary N) is 2. The van der Waals surface area contributed by atoms with Gasteiger partial charge in [0.05, 0.1) is 17.8 Å². The number of anilines is 1. The van der Waals surface area contributed by atoms with Crippen LogP contribution in [0.15, 0.2) is 24.7 Å². The molecule has 0 saturated heterocycles. The van der Waals surface area contributed by atoms with Gasteiger partial charge in [-0.3, -0.25) is 15.6 Å². The van der Waals surface area contributed by atoms with Gasteiger partial charge in [0.25, 0.3) is 5.91 Å². The van der Waals surface area contributed by atoms with Gasteiger partial charge >= 0.3 is 0 Å². The van der Waals surface area contributed by atoms with Crippen LogP contribution >= 0.6 is 0 Å². The summed E-state index contributed by atoms with van der Waals surface area (Å²) in [4.78, 5) is 20.3. The van der Waals surface area contributed by atoms with Crippen LogP contribution in [0, 0.1) is 6.92 Å². The molecule has 7 heteroatoms. The van der Waals surface area contributed by atoms with Crippen LogP contribution in [-0.4, -0.2) is 20.4 Å². The maximum atomic E-state index is 12.1. The summed E-state index contributed by atoms with van der Waals surface area (Å²) in [5.74, 6) is 5.92. The minimum atomic E-state index is -0.247. The molecular formula is C12H16N6O. The standard InChI is InChI=1S/C12H16N6O/c1-8-5-10(17-13)9(6-15-8)12(19)16-7-11-14-3-4-18(11)2/h3-6H,7,13H2,1-2H3,(H,15,17)(H,16,19). The molecule has 19 heavy (non-hydrogen) atoms. The minimum absolute atomic E-state index is 0.247. The number of aromatic nitrogens is 3. The summed E-state index contributed by atoms with van der Waals surface area (Å²) in [7, 11) is 1.87. The zero-order valence-electron chi connectivity index (χ0n) is 10.8. The molecular weight excluding hydrogens is 244 g/mol. The van der Waals surface area contributed by atoms with E-state index >= 15 is 0 Å². The van der Waals surface area contributed by atoms with E-state index < -0.39 is 0 Å². The lowest BCUT2D eigenvalue weighted by molar-refractivity contribution is 0.0950. The largest absolute Gasteiger partial charge is 0.345 e. The Morgan fingerprint density at radius 2 is 2.26 bits per heavy atom. The van der Waals surface area contributed by atoms with E-state index in [0.717, 1.165) is 11.5 Å². The van der Waals surface area contributed by atoms with Crippen molar-refractivity contribution in [1.29, 1.82) is 0 Å². The van der Waals surface area contributed by atoms with E-state index in [0.29, 0.717) is 17.8 Å². The summed E-state index contributed by atoms with van der Waals surface area (Å²) in [6.07, 6.45) is 5.00. The van der Waals surface area contributed by atoms with Gasteiger partial charge in [-0.2, -0.15) is 0 Å². The third-order valence-corrected chi connectivity index (χ3v) is 2.77. The number of nitrogen functional groups attached to an aromatic ring is 1. The third-order valence-electron chi connectivity index (χ3n) is 2.77. The molecule has 0 radical (unpaired) electrons. The highest BCUT2D eigenvalue weighted by Crippen LogP contribution is 2.14. The first-order chi connectivity index (χ1) is 9.11. The van der Waals surface area contributed by atoms with Crippen LogP contribution in [0.1, 0.15) is 21.9 Å². The summed E-state index contributed by atoms with van der Waals surface area (Å²) < 4.78 is 1.84. The molecule has 0 unspecified atom stereocenters. The number of carbonyl (C=O) groups is 1. The molecule has 7 nitrogen and oxygen atoms in total. The topological polar surface area (TPSA) is 97.9 Å². The van der Waals surface area contributed by atoms with Crippen LogP contribution < -0.4 is 16.6 Å². The van der Waals surface area contributed by atoms with Crippen LogP contribution in [0.2, 0.25) is 0 Å². The quantitative estimate of drug-likeness (QED) is 0.544. The molecule has 2 aromatic rings. The first-order valence-electron chi connectivity index (χ1n) is 5.79. The molecule has 0 aliphatic carbocycles. The van der Waals surface area contributed by atoms with Gasteiger partial charge in [0.2, 0.25) is 0 Å². The molecule has 0 aromatic carbocycles. The maximum Gasteiger partial charge on any atom is 0.255 e. The fourth-order valence-corrected chi connectivity index (χ4v) is 1.68. The van der Waals surface area contributed by atoms with Gasteiger partial charge in [-0.25, -0.2) is 4.98 Å². The second-order valence-corrected chi connectivity index (χ2v) is 4.15. The van der Waals surface area contributed by atoms with Crippen molar-refractivity contribution in [3.05, 3.63) is 41.7 Å². The van der Waals surface area contributed by atoms with E-state index in [1.54, 1.807) is 12.3 Å². The van der Waals surface area contributed by atoms with Gasteiger partial charge in [-0.05, 0) is 13.0 Å². The predicted molar refractivity (Wildman–Crippen MR) is 71.2 cm³/mol.